The predicted molar refractivity (Wildman–Crippen MR) is 107 cm³/mol. The van der Waals surface area contributed by atoms with Crippen LogP contribution in [0.15, 0.2) is 48.5 Å². The minimum absolute atomic E-state index is 0.0443. The first-order valence-corrected chi connectivity index (χ1v) is 9.55. The number of rotatable bonds is 8. The third-order valence-corrected chi connectivity index (χ3v) is 4.55. The van der Waals surface area contributed by atoms with Gasteiger partial charge in [-0.1, -0.05) is 24.3 Å². The minimum Gasteiger partial charge on any atom is -0.467 e. The van der Waals surface area contributed by atoms with Crippen LogP contribution < -0.4 is 10.6 Å². The molecular formula is C22H22F4N2O4. The Labute approximate surface area is 181 Å². The molecule has 0 saturated carbocycles. The van der Waals surface area contributed by atoms with E-state index in [0.717, 1.165) is 19.2 Å². The third-order valence-electron chi connectivity index (χ3n) is 4.55. The van der Waals surface area contributed by atoms with Crippen molar-refractivity contribution >= 4 is 17.8 Å². The van der Waals surface area contributed by atoms with Gasteiger partial charge in [0.15, 0.2) is 0 Å². The Morgan fingerprint density at radius 2 is 1.56 bits per heavy atom. The number of esters is 1. The van der Waals surface area contributed by atoms with Crippen molar-refractivity contribution in [2.45, 2.75) is 38.0 Å². The molecule has 2 amide bonds. The lowest BCUT2D eigenvalue weighted by atomic mass is 10.0. The summed E-state index contributed by atoms with van der Waals surface area (Å²) in [5, 5.41) is 4.90. The lowest BCUT2D eigenvalue weighted by molar-refractivity contribution is -0.145. The van der Waals surface area contributed by atoms with Gasteiger partial charge in [0, 0.05) is 19.8 Å². The molecule has 0 heterocycles. The molecule has 172 valence electrons. The standard InChI is InChI=1S/C22H22F4N2O4/c1-13(29)27-18(12-15-4-3-5-17(23)10-15)20(30)28-19(21(31)32-2)11-14-6-8-16(9-7-14)22(24,25)26/h3-10,18-19H,11-12H2,1-2H3,(H,27,29)(H,28,30)/t18-,19-/m0/s1. The molecule has 2 N–H and O–H groups in total. The Balaban J connectivity index is 2.18. The van der Waals surface area contributed by atoms with Gasteiger partial charge in [0.2, 0.25) is 11.8 Å². The number of alkyl halides is 3. The van der Waals surface area contributed by atoms with Gasteiger partial charge >= 0.3 is 12.1 Å². The molecule has 6 nitrogen and oxygen atoms in total. The number of hydrogen-bond donors (Lipinski definition) is 2. The molecule has 0 spiro atoms. The third kappa shape index (κ3) is 7.36. The highest BCUT2D eigenvalue weighted by atomic mass is 19.4. The van der Waals surface area contributed by atoms with Crippen molar-refractivity contribution in [2.24, 2.45) is 0 Å². The molecule has 0 radical (unpaired) electrons. The number of methoxy groups -OCH3 is 1. The zero-order valence-corrected chi connectivity index (χ0v) is 17.3. The van der Waals surface area contributed by atoms with Crippen LogP contribution in [-0.2, 0) is 38.1 Å². The summed E-state index contributed by atoms with van der Waals surface area (Å²) in [7, 11) is 1.10. The van der Waals surface area contributed by atoms with E-state index in [2.05, 4.69) is 15.4 Å². The van der Waals surface area contributed by atoms with Gasteiger partial charge in [-0.3, -0.25) is 9.59 Å². The summed E-state index contributed by atoms with van der Waals surface area (Å²) in [5.41, 5.74) is -0.0492. The first-order chi connectivity index (χ1) is 15.0. The number of benzene rings is 2. The van der Waals surface area contributed by atoms with E-state index >= 15 is 0 Å². The maximum Gasteiger partial charge on any atom is 0.416 e. The molecule has 32 heavy (non-hydrogen) atoms. The summed E-state index contributed by atoms with van der Waals surface area (Å²) in [5.74, 6) is -2.57. The maximum absolute atomic E-state index is 13.5. The van der Waals surface area contributed by atoms with E-state index in [-0.39, 0.29) is 12.8 Å². The first-order valence-electron chi connectivity index (χ1n) is 9.55. The number of carbonyl (C=O) groups is 3. The van der Waals surface area contributed by atoms with Crippen LogP contribution in [-0.4, -0.2) is 37.0 Å². The highest BCUT2D eigenvalue weighted by Gasteiger charge is 2.31. The second-order valence-electron chi connectivity index (χ2n) is 7.07. The lowest BCUT2D eigenvalue weighted by Crippen LogP contribution is -2.53. The Morgan fingerprint density at radius 1 is 0.938 bits per heavy atom. The Bertz CT molecular complexity index is 961. The van der Waals surface area contributed by atoms with Gasteiger partial charge in [-0.25, -0.2) is 9.18 Å². The maximum atomic E-state index is 13.5. The van der Waals surface area contributed by atoms with Gasteiger partial charge in [-0.2, -0.15) is 13.2 Å². The van der Waals surface area contributed by atoms with Crippen LogP contribution in [0.25, 0.3) is 0 Å². The van der Waals surface area contributed by atoms with Gasteiger partial charge in [0.05, 0.1) is 12.7 Å². The van der Waals surface area contributed by atoms with E-state index in [9.17, 15) is 31.9 Å². The molecule has 2 rings (SSSR count). The fourth-order valence-electron chi connectivity index (χ4n) is 3.03. The minimum atomic E-state index is -4.50. The van der Waals surface area contributed by atoms with Crippen molar-refractivity contribution in [1.82, 2.24) is 10.6 Å². The summed E-state index contributed by atoms with van der Waals surface area (Å²) in [6, 6.07) is 7.27. The van der Waals surface area contributed by atoms with E-state index in [0.29, 0.717) is 11.1 Å². The Kier molecular flexibility index (Phi) is 8.34. The van der Waals surface area contributed by atoms with E-state index < -0.39 is 47.4 Å². The van der Waals surface area contributed by atoms with Gasteiger partial charge in [0.1, 0.15) is 17.9 Å². The summed E-state index contributed by atoms with van der Waals surface area (Å²) in [4.78, 5) is 36.5. The summed E-state index contributed by atoms with van der Waals surface area (Å²) < 4.78 is 56.4. The highest BCUT2D eigenvalue weighted by Crippen LogP contribution is 2.29. The van der Waals surface area contributed by atoms with Crippen molar-refractivity contribution in [3.63, 3.8) is 0 Å². The van der Waals surface area contributed by atoms with Crippen molar-refractivity contribution < 1.29 is 36.7 Å². The van der Waals surface area contributed by atoms with Crippen LogP contribution >= 0.6 is 0 Å². The molecule has 2 aromatic carbocycles. The molecule has 0 aliphatic rings. The molecule has 0 unspecified atom stereocenters. The molecule has 0 bridgehead atoms. The SMILES string of the molecule is COC(=O)[C@H](Cc1ccc(C(F)(F)F)cc1)NC(=O)[C@H](Cc1cccc(F)c1)NC(C)=O. The van der Waals surface area contributed by atoms with Gasteiger partial charge < -0.3 is 15.4 Å². The molecular weight excluding hydrogens is 432 g/mol. The fourth-order valence-corrected chi connectivity index (χ4v) is 3.03. The summed E-state index contributed by atoms with van der Waals surface area (Å²) >= 11 is 0. The zero-order valence-electron chi connectivity index (χ0n) is 17.3. The van der Waals surface area contributed by atoms with E-state index in [1.165, 1.54) is 37.3 Å². The Morgan fingerprint density at radius 3 is 2.09 bits per heavy atom. The smallest absolute Gasteiger partial charge is 0.416 e. The largest absolute Gasteiger partial charge is 0.467 e. The zero-order chi connectivity index (χ0) is 23.9. The molecule has 0 aromatic heterocycles. The molecule has 0 aliphatic heterocycles. The number of hydrogen-bond acceptors (Lipinski definition) is 4. The van der Waals surface area contributed by atoms with Gasteiger partial charge in [-0.15, -0.1) is 0 Å². The summed E-state index contributed by atoms with van der Waals surface area (Å²) in [6.07, 6.45) is -4.68. The molecule has 10 heteroatoms. The topological polar surface area (TPSA) is 84.5 Å². The van der Waals surface area contributed by atoms with Crippen molar-refractivity contribution in [2.75, 3.05) is 7.11 Å². The highest BCUT2D eigenvalue weighted by molar-refractivity contribution is 5.90. The van der Waals surface area contributed by atoms with Gasteiger partial charge in [0.25, 0.3) is 0 Å². The quantitative estimate of drug-likeness (QED) is 0.475. The normalized spacial score (nSPS) is 13.1. The average molecular weight is 454 g/mol. The second kappa shape index (κ2) is 10.7. The van der Waals surface area contributed by atoms with E-state index in [4.69, 9.17) is 0 Å². The van der Waals surface area contributed by atoms with E-state index in [1.54, 1.807) is 6.07 Å². The van der Waals surface area contributed by atoms with Gasteiger partial charge in [-0.05, 0) is 35.4 Å². The molecule has 0 fully saturated rings. The number of amides is 2. The van der Waals surface area contributed by atoms with Crippen LogP contribution in [0.2, 0.25) is 0 Å². The van der Waals surface area contributed by atoms with Crippen LogP contribution in [0.3, 0.4) is 0 Å². The van der Waals surface area contributed by atoms with E-state index in [1.807, 2.05) is 0 Å². The number of ether oxygens (including phenoxy) is 1. The van der Waals surface area contributed by atoms with Crippen molar-refractivity contribution in [3.8, 4) is 0 Å². The number of nitrogens with one attached hydrogen (secondary N) is 2. The van der Waals surface area contributed by atoms with Crippen LogP contribution in [0, 0.1) is 5.82 Å². The average Bonchev–Trinajstić information content (AvgIpc) is 2.71. The van der Waals surface area contributed by atoms with Crippen molar-refractivity contribution in [3.05, 3.63) is 71.0 Å². The lowest BCUT2D eigenvalue weighted by Gasteiger charge is -2.22. The first kappa shape index (κ1) is 24.8. The molecule has 2 aromatic rings. The number of carbonyl (C=O) groups excluding carboxylic acids is 3. The Hall–Kier alpha value is -3.43. The predicted octanol–water partition coefficient (Wildman–Crippen LogP) is 2.79. The monoisotopic (exact) mass is 454 g/mol. The fraction of sp³-hybridized carbons (Fsp3) is 0.318. The molecule has 2 atom stereocenters. The molecule has 0 aliphatic carbocycles. The molecule has 0 saturated heterocycles. The van der Waals surface area contributed by atoms with Crippen LogP contribution in [0.1, 0.15) is 23.6 Å². The summed E-state index contributed by atoms with van der Waals surface area (Å²) in [6.45, 7) is 1.20. The van der Waals surface area contributed by atoms with Crippen LogP contribution in [0.4, 0.5) is 17.6 Å². The second-order valence-corrected chi connectivity index (χ2v) is 7.07. The number of halogens is 4. The van der Waals surface area contributed by atoms with Crippen molar-refractivity contribution in [1.29, 1.82) is 0 Å². The van der Waals surface area contributed by atoms with Crippen LogP contribution in [0.5, 0.6) is 0 Å².